The highest BCUT2D eigenvalue weighted by molar-refractivity contribution is 5.13. The predicted octanol–water partition coefficient (Wildman–Crippen LogP) is 2.54. The van der Waals surface area contributed by atoms with E-state index in [4.69, 9.17) is 0 Å². The zero-order chi connectivity index (χ0) is 17.8. The first-order valence-electron chi connectivity index (χ1n) is 9.54. The number of hydrogen-bond acceptors (Lipinski definition) is 4. The first-order chi connectivity index (χ1) is 12.1. The van der Waals surface area contributed by atoms with Crippen LogP contribution in [-0.2, 0) is 20.1 Å². The maximum atomic E-state index is 4.42. The molecule has 0 aromatic carbocycles. The summed E-state index contributed by atoms with van der Waals surface area (Å²) in [5, 5.41) is 8.82. The fraction of sp³-hybridized carbons (Fsp3) is 0.684. The molecule has 3 rings (SSSR count). The van der Waals surface area contributed by atoms with Crippen molar-refractivity contribution in [3.8, 4) is 0 Å². The van der Waals surface area contributed by atoms with Gasteiger partial charge in [0, 0.05) is 50.7 Å². The summed E-state index contributed by atoms with van der Waals surface area (Å²) in [7, 11) is 4.24. The van der Waals surface area contributed by atoms with Crippen LogP contribution in [0.15, 0.2) is 24.7 Å². The van der Waals surface area contributed by atoms with Crippen LogP contribution < -0.4 is 0 Å². The van der Waals surface area contributed by atoms with Gasteiger partial charge in [-0.3, -0.25) is 14.3 Å². The highest BCUT2D eigenvalue weighted by Crippen LogP contribution is 2.36. The Balaban J connectivity index is 1.72. The van der Waals surface area contributed by atoms with Crippen molar-refractivity contribution in [3.63, 3.8) is 0 Å². The monoisotopic (exact) mass is 344 g/mol. The summed E-state index contributed by atoms with van der Waals surface area (Å²) < 4.78 is 4.02. The Morgan fingerprint density at radius 3 is 2.76 bits per heavy atom. The third-order valence-corrected chi connectivity index (χ3v) is 5.41. The molecule has 3 heterocycles. The molecule has 0 aliphatic carbocycles. The van der Waals surface area contributed by atoms with E-state index in [0.717, 1.165) is 26.2 Å². The second kappa shape index (κ2) is 8.15. The number of hydrogen-bond donors (Lipinski definition) is 0. The van der Waals surface area contributed by atoms with Crippen LogP contribution in [0.1, 0.15) is 44.0 Å². The van der Waals surface area contributed by atoms with Gasteiger partial charge in [0.05, 0.1) is 11.9 Å². The van der Waals surface area contributed by atoms with E-state index in [1.807, 2.05) is 17.9 Å². The lowest BCUT2D eigenvalue weighted by molar-refractivity contribution is 0.0744. The molecule has 6 heteroatoms. The van der Waals surface area contributed by atoms with Gasteiger partial charge in [0.25, 0.3) is 0 Å². The molecule has 0 spiro atoms. The van der Waals surface area contributed by atoms with E-state index in [9.17, 15) is 0 Å². The molecular formula is C19H32N6. The van der Waals surface area contributed by atoms with Crippen molar-refractivity contribution in [1.82, 2.24) is 29.4 Å². The van der Waals surface area contributed by atoms with Crippen LogP contribution in [-0.4, -0.2) is 56.0 Å². The van der Waals surface area contributed by atoms with Crippen LogP contribution >= 0.6 is 0 Å². The van der Waals surface area contributed by atoms with Gasteiger partial charge >= 0.3 is 0 Å². The highest BCUT2D eigenvalue weighted by Gasteiger charge is 2.33. The molecule has 2 atom stereocenters. The van der Waals surface area contributed by atoms with Crippen LogP contribution in [0.3, 0.4) is 0 Å². The first-order valence-corrected chi connectivity index (χ1v) is 9.54. The van der Waals surface area contributed by atoms with E-state index in [-0.39, 0.29) is 0 Å². The minimum atomic E-state index is 0.478. The van der Waals surface area contributed by atoms with Crippen molar-refractivity contribution in [2.45, 2.75) is 45.8 Å². The molecule has 2 aromatic rings. The Labute approximate surface area is 151 Å². The summed E-state index contributed by atoms with van der Waals surface area (Å²) in [6, 6.07) is 2.61. The number of nitrogens with zero attached hydrogens (tertiary/aromatic N) is 6. The Kier molecular flexibility index (Phi) is 5.91. The normalized spacial score (nSPS) is 22.0. The van der Waals surface area contributed by atoms with Gasteiger partial charge in [-0.15, -0.1) is 0 Å². The molecule has 1 aliphatic heterocycles. The summed E-state index contributed by atoms with van der Waals surface area (Å²) in [6.07, 6.45) is 8.73. The summed E-state index contributed by atoms with van der Waals surface area (Å²) in [5.41, 5.74) is 2.66. The molecule has 1 fully saturated rings. The smallest absolute Gasteiger partial charge is 0.0537 e. The van der Waals surface area contributed by atoms with Gasteiger partial charge in [-0.1, -0.05) is 6.92 Å². The fourth-order valence-corrected chi connectivity index (χ4v) is 4.29. The zero-order valence-electron chi connectivity index (χ0n) is 16.1. The topological polar surface area (TPSA) is 42.1 Å². The molecule has 25 heavy (non-hydrogen) atoms. The van der Waals surface area contributed by atoms with Crippen LogP contribution in [0, 0.1) is 5.92 Å². The standard InChI is InChI=1S/C19H32N6/c1-5-24-11-7-8-16(19(24)17-12-21-23(4)14-17)13-22(3)15-18-9-10-20-25(18)6-2/h9-10,12,14,16,19H,5-8,11,13,15H2,1-4H3/t16-,19+/m0/s1. The summed E-state index contributed by atoms with van der Waals surface area (Å²) >= 11 is 0. The van der Waals surface area contributed by atoms with Gasteiger partial charge in [0.15, 0.2) is 0 Å². The maximum Gasteiger partial charge on any atom is 0.0537 e. The van der Waals surface area contributed by atoms with Crippen molar-refractivity contribution in [3.05, 3.63) is 35.9 Å². The molecule has 6 nitrogen and oxygen atoms in total. The van der Waals surface area contributed by atoms with E-state index in [1.54, 1.807) is 0 Å². The number of aromatic nitrogens is 4. The molecule has 0 saturated carbocycles. The Morgan fingerprint density at radius 1 is 1.24 bits per heavy atom. The molecule has 138 valence electrons. The Bertz CT molecular complexity index is 660. The molecule has 0 amide bonds. The SMILES string of the molecule is CCN1CCC[C@@H](CN(C)Cc2ccnn2CC)[C@@H]1c1cnn(C)c1. The number of rotatable bonds is 7. The fourth-order valence-electron chi connectivity index (χ4n) is 4.29. The molecular weight excluding hydrogens is 312 g/mol. The lowest BCUT2D eigenvalue weighted by Gasteiger charge is -2.42. The number of likely N-dealkylation sites (tertiary alicyclic amines) is 1. The third kappa shape index (κ3) is 4.12. The molecule has 0 radical (unpaired) electrons. The summed E-state index contributed by atoms with van der Waals surface area (Å²) in [5.74, 6) is 0.640. The summed E-state index contributed by atoms with van der Waals surface area (Å²) in [6.45, 7) is 9.70. The van der Waals surface area contributed by atoms with Gasteiger partial charge in [-0.2, -0.15) is 10.2 Å². The molecule has 2 aromatic heterocycles. The van der Waals surface area contributed by atoms with E-state index in [2.05, 4.69) is 64.0 Å². The number of aryl methyl sites for hydroxylation is 2. The van der Waals surface area contributed by atoms with Crippen molar-refractivity contribution in [1.29, 1.82) is 0 Å². The molecule has 0 N–H and O–H groups in total. The lowest BCUT2D eigenvalue weighted by atomic mass is 9.85. The molecule has 0 unspecified atom stereocenters. The zero-order valence-corrected chi connectivity index (χ0v) is 16.1. The highest BCUT2D eigenvalue weighted by atomic mass is 15.3. The van der Waals surface area contributed by atoms with Gasteiger partial charge in [0.2, 0.25) is 0 Å². The van der Waals surface area contributed by atoms with Crippen molar-refractivity contribution >= 4 is 0 Å². The lowest BCUT2D eigenvalue weighted by Crippen LogP contribution is -2.42. The van der Waals surface area contributed by atoms with Gasteiger partial charge in [-0.25, -0.2) is 0 Å². The van der Waals surface area contributed by atoms with Crippen LogP contribution in [0.4, 0.5) is 0 Å². The number of piperidine rings is 1. The van der Waals surface area contributed by atoms with Crippen LogP contribution in [0.2, 0.25) is 0 Å². The second-order valence-electron chi connectivity index (χ2n) is 7.26. The molecule has 1 saturated heterocycles. The van der Waals surface area contributed by atoms with E-state index < -0.39 is 0 Å². The minimum absolute atomic E-state index is 0.478. The van der Waals surface area contributed by atoms with E-state index in [0.29, 0.717) is 12.0 Å². The third-order valence-electron chi connectivity index (χ3n) is 5.41. The first kappa shape index (κ1) is 18.1. The van der Waals surface area contributed by atoms with Gasteiger partial charge in [-0.05, 0) is 51.9 Å². The second-order valence-corrected chi connectivity index (χ2v) is 7.26. The van der Waals surface area contributed by atoms with Crippen molar-refractivity contribution in [2.75, 3.05) is 26.7 Å². The van der Waals surface area contributed by atoms with E-state index >= 15 is 0 Å². The maximum absolute atomic E-state index is 4.42. The van der Waals surface area contributed by atoms with E-state index in [1.165, 1.54) is 30.6 Å². The average Bonchev–Trinajstić information content (AvgIpc) is 3.23. The average molecular weight is 345 g/mol. The van der Waals surface area contributed by atoms with Crippen molar-refractivity contribution < 1.29 is 0 Å². The molecule has 1 aliphatic rings. The van der Waals surface area contributed by atoms with Crippen LogP contribution in [0.25, 0.3) is 0 Å². The van der Waals surface area contributed by atoms with Crippen molar-refractivity contribution in [2.24, 2.45) is 13.0 Å². The quantitative estimate of drug-likeness (QED) is 0.774. The minimum Gasteiger partial charge on any atom is -0.300 e. The van der Waals surface area contributed by atoms with Gasteiger partial charge < -0.3 is 4.90 Å². The van der Waals surface area contributed by atoms with Gasteiger partial charge in [0.1, 0.15) is 0 Å². The Morgan fingerprint density at radius 2 is 2.08 bits per heavy atom. The largest absolute Gasteiger partial charge is 0.300 e. The Hall–Kier alpha value is -1.66. The van der Waals surface area contributed by atoms with Crippen LogP contribution in [0.5, 0.6) is 0 Å². The molecule has 0 bridgehead atoms. The predicted molar refractivity (Wildman–Crippen MR) is 100 cm³/mol. The summed E-state index contributed by atoms with van der Waals surface area (Å²) in [4.78, 5) is 5.08.